The van der Waals surface area contributed by atoms with Crippen LogP contribution in [0.4, 0.5) is 23.7 Å². The van der Waals surface area contributed by atoms with Gasteiger partial charge in [0.15, 0.2) is 11.0 Å². The van der Waals surface area contributed by atoms with E-state index in [9.17, 15) is 22.8 Å². The minimum absolute atomic E-state index is 0.103. The van der Waals surface area contributed by atoms with Gasteiger partial charge in [0.2, 0.25) is 5.91 Å². The highest BCUT2D eigenvalue weighted by Gasteiger charge is 2.33. The first-order valence-electron chi connectivity index (χ1n) is 13.4. The third-order valence-corrected chi connectivity index (χ3v) is 7.54. The summed E-state index contributed by atoms with van der Waals surface area (Å²) in [6.07, 6.45) is -1.98. The number of aryl methyl sites for hydroxylation is 2. The molecule has 13 heteroatoms. The highest BCUT2D eigenvalue weighted by atomic mass is 32.2. The molecule has 1 aliphatic rings. The summed E-state index contributed by atoms with van der Waals surface area (Å²) in [5.74, 6) is 0.248. The molecule has 0 unspecified atom stereocenters. The Labute approximate surface area is 249 Å². The van der Waals surface area contributed by atoms with Crippen molar-refractivity contribution in [1.29, 1.82) is 0 Å². The van der Waals surface area contributed by atoms with Gasteiger partial charge in [-0.05, 0) is 60.7 Å². The number of hydrogen-bond acceptors (Lipinski definition) is 6. The zero-order valence-corrected chi connectivity index (χ0v) is 24.1. The Balaban J connectivity index is 1.17. The predicted molar refractivity (Wildman–Crippen MR) is 159 cm³/mol. The molecule has 5 rings (SSSR count). The van der Waals surface area contributed by atoms with E-state index in [2.05, 4.69) is 25.1 Å². The van der Waals surface area contributed by atoms with Crippen molar-refractivity contribution in [3.8, 4) is 22.8 Å². The molecule has 0 bridgehead atoms. The molecule has 2 heterocycles. The smallest absolute Gasteiger partial charge is 0.406 e. The molecule has 1 N–H and O–H groups in total. The van der Waals surface area contributed by atoms with Crippen LogP contribution in [0.1, 0.15) is 23.6 Å². The zero-order valence-electron chi connectivity index (χ0n) is 23.3. The molecule has 1 fully saturated rings. The molecule has 222 valence electrons. The van der Waals surface area contributed by atoms with Crippen molar-refractivity contribution < 1.29 is 27.5 Å². The van der Waals surface area contributed by atoms with E-state index in [1.54, 1.807) is 4.90 Å². The molecular weight excluding hydrogens is 581 g/mol. The van der Waals surface area contributed by atoms with Crippen LogP contribution in [0, 0.1) is 6.92 Å². The molecule has 0 saturated carbocycles. The number of urea groups is 1. The van der Waals surface area contributed by atoms with Gasteiger partial charge in [0.05, 0.1) is 17.1 Å². The minimum Gasteiger partial charge on any atom is -0.406 e. The molecule has 0 spiro atoms. The Kier molecular flexibility index (Phi) is 8.81. The van der Waals surface area contributed by atoms with Gasteiger partial charge < -0.3 is 10.1 Å². The van der Waals surface area contributed by atoms with Gasteiger partial charge in [-0.2, -0.15) is 4.99 Å². The number of anilines is 1. The summed E-state index contributed by atoms with van der Waals surface area (Å²) in [5.41, 5.74) is 5.00. The number of para-hydroxylation sites is 1. The number of nitrogens with zero attached hydrogens (tertiary/aromatic N) is 5. The topological polar surface area (TPSA) is 102 Å². The first kappa shape index (κ1) is 29.8. The Hall–Kier alpha value is -4.65. The van der Waals surface area contributed by atoms with E-state index in [1.807, 2.05) is 56.3 Å². The van der Waals surface area contributed by atoms with Gasteiger partial charge in [-0.25, -0.2) is 14.5 Å². The van der Waals surface area contributed by atoms with E-state index in [0.29, 0.717) is 29.6 Å². The molecule has 1 aliphatic heterocycles. The third kappa shape index (κ3) is 7.23. The molecule has 3 aromatic carbocycles. The lowest BCUT2D eigenvalue weighted by molar-refractivity contribution is -0.274. The summed E-state index contributed by atoms with van der Waals surface area (Å²) in [6, 6.07) is 18.2. The summed E-state index contributed by atoms with van der Waals surface area (Å²) in [6.45, 7) is 4.31. The van der Waals surface area contributed by atoms with Crippen LogP contribution < -0.4 is 15.0 Å². The van der Waals surface area contributed by atoms with Gasteiger partial charge in [0.1, 0.15) is 12.1 Å². The number of ether oxygens (including phenoxy) is 1. The van der Waals surface area contributed by atoms with Crippen molar-refractivity contribution in [1.82, 2.24) is 20.1 Å². The number of aromatic nitrogens is 3. The average molecular weight is 609 g/mol. The SMILES string of the molecule is CCc1cccc(C)c1N1C(=O)CS/C1=N\C(=O)NCCc1ccc(-c2ncn(-c3ccc(OC(F)(F)F)cc3)n2)cc1. The number of carbonyl (C=O) groups is 2. The third-order valence-electron chi connectivity index (χ3n) is 6.62. The number of rotatable bonds is 8. The van der Waals surface area contributed by atoms with Crippen molar-refractivity contribution >= 4 is 34.6 Å². The normalized spacial score (nSPS) is 14.4. The number of thioether (sulfide) groups is 1. The van der Waals surface area contributed by atoms with Crippen molar-refractivity contribution in [3.05, 3.63) is 89.7 Å². The maximum Gasteiger partial charge on any atom is 0.573 e. The Bertz CT molecular complexity index is 1650. The van der Waals surface area contributed by atoms with Gasteiger partial charge in [0, 0.05) is 12.1 Å². The fourth-order valence-electron chi connectivity index (χ4n) is 4.57. The van der Waals surface area contributed by atoms with Crippen molar-refractivity contribution in [2.24, 2.45) is 4.99 Å². The van der Waals surface area contributed by atoms with E-state index in [0.717, 1.165) is 34.4 Å². The van der Waals surface area contributed by atoms with Crippen molar-refractivity contribution in [2.45, 2.75) is 33.1 Å². The van der Waals surface area contributed by atoms with Crippen LogP contribution in [0.15, 0.2) is 78.0 Å². The van der Waals surface area contributed by atoms with Crippen LogP contribution in [0.25, 0.3) is 17.1 Å². The van der Waals surface area contributed by atoms with E-state index in [-0.39, 0.29) is 17.4 Å². The van der Waals surface area contributed by atoms with Gasteiger partial charge in [-0.1, -0.05) is 61.2 Å². The second-order valence-electron chi connectivity index (χ2n) is 9.58. The summed E-state index contributed by atoms with van der Waals surface area (Å²) >= 11 is 1.25. The number of halogens is 3. The molecule has 9 nitrogen and oxygen atoms in total. The van der Waals surface area contributed by atoms with Crippen LogP contribution in [0.5, 0.6) is 5.75 Å². The number of aliphatic imine (C=N–C) groups is 1. The van der Waals surface area contributed by atoms with Gasteiger partial charge in [-0.3, -0.25) is 9.69 Å². The first-order valence-corrected chi connectivity index (χ1v) is 14.4. The summed E-state index contributed by atoms with van der Waals surface area (Å²) in [4.78, 5) is 35.3. The van der Waals surface area contributed by atoms with Crippen LogP contribution in [0.2, 0.25) is 0 Å². The molecular formula is C30H27F3N6O3S. The lowest BCUT2D eigenvalue weighted by Crippen LogP contribution is -2.33. The number of carbonyl (C=O) groups excluding carboxylic acids is 2. The average Bonchev–Trinajstić information content (AvgIpc) is 3.60. The summed E-state index contributed by atoms with van der Waals surface area (Å²) in [7, 11) is 0. The molecule has 0 aliphatic carbocycles. The van der Waals surface area contributed by atoms with E-state index in [1.165, 1.54) is 47.0 Å². The van der Waals surface area contributed by atoms with E-state index < -0.39 is 12.4 Å². The molecule has 1 saturated heterocycles. The largest absolute Gasteiger partial charge is 0.573 e. The highest BCUT2D eigenvalue weighted by Crippen LogP contribution is 2.33. The monoisotopic (exact) mass is 608 g/mol. The van der Waals surface area contributed by atoms with Crippen LogP contribution in [-0.2, 0) is 17.6 Å². The van der Waals surface area contributed by atoms with Gasteiger partial charge in [-0.15, -0.1) is 18.3 Å². The molecule has 0 atom stereocenters. The number of amidine groups is 1. The minimum atomic E-state index is -4.76. The fraction of sp³-hybridized carbons (Fsp3) is 0.233. The lowest BCUT2D eigenvalue weighted by atomic mass is 10.0. The van der Waals surface area contributed by atoms with E-state index in [4.69, 9.17) is 0 Å². The number of amides is 3. The molecule has 43 heavy (non-hydrogen) atoms. The van der Waals surface area contributed by atoms with E-state index >= 15 is 0 Å². The Morgan fingerprint density at radius 1 is 1.09 bits per heavy atom. The second kappa shape index (κ2) is 12.7. The van der Waals surface area contributed by atoms with Crippen LogP contribution in [-0.4, -0.2) is 50.5 Å². The number of alkyl halides is 3. The van der Waals surface area contributed by atoms with Gasteiger partial charge in [0.25, 0.3) is 0 Å². The fourth-order valence-corrected chi connectivity index (χ4v) is 5.42. The standard InChI is InChI=1S/C30H27F3N6O3S/c1-3-21-6-4-5-19(2)26(21)39-25(40)17-43-29(39)36-28(41)34-16-15-20-7-9-22(10-8-20)27-35-18-38(37-27)23-11-13-24(14-12-23)42-30(31,32)33/h4-14,18H,3,15-17H2,1-2H3,(H,34,41)/b36-29-. The van der Waals surface area contributed by atoms with Crippen LogP contribution >= 0.6 is 11.8 Å². The highest BCUT2D eigenvalue weighted by molar-refractivity contribution is 8.15. The summed E-state index contributed by atoms with van der Waals surface area (Å²) in [5, 5.41) is 7.57. The second-order valence-corrected chi connectivity index (χ2v) is 10.5. The van der Waals surface area contributed by atoms with Crippen molar-refractivity contribution in [2.75, 3.05) is 17.2 Å². The van der Waals surface area contributed by atoms with Crippen LogP contribution in [0.3, 0.4) is 0 Å². The molecule has 1 aromatic heterocycles. The molecule has 3 amide bonds. The van der Waals surface area contributed by atoms with Crippen molar-refractivity contribution in [3.63, 3.8) is 0 Å². The van der Waals surface area contributed by atoms with Gasteiger partial charge >= 0.3 is 12.4 Å². The number of hydrogen-bond donors (Lipinski definition) is 1. The Morgan fingerprint density at radius 3 is 2.53 bits per heavy atom. The summed E-state index contributed by atoms with van der Waals surface area (Å²) < 4.78 is 42.5. The molecule has 4 aromatic rings. The predicted octanol–water partition coefficient (Wildman–Crippen LogP) is 6.09. The quantitative estimate of drug-likeness (QED) is 0.260. The maximum atomic E-state index is 12.7. The first-order chi connectivity index (χ1) is 20.6. The molecule has 0 radical (unpaired) electrons. The Morgan fingerprint density at radius 2 is 1.84 bits per heavy atom. The zero-order chi connectivity index (χ0) is 30.6. The number of nitrogens with one attached hydrogen (secondary N) is 1. The lowest BCUT2D eigenvalue weighted by Gasteiger charge is -2.21. The number of benzene rings is 3. The maximum absolute atomic E-state index is 12.7.